The topological polar surface area (TPSA) is 51.8 Å². The van der Waals surface area contributed by atoms with E-state index in [0.717, 1.165) is 13.1 Å². The van der Waals surface area contributed by atoms with Gasteiger partial charge in [-0.05, 0) is 44.0 Å². The van der Waals surface area contributed by atoms with Crippen LogP contribution >= 0.6 is 43.2 Å². The van der Waals surface area contributed by atoms with Gasteiger partial charge in [0.05, 0.1) is 13.1 Å². The maximum atomic E-state index is 5.66. The third-order valence-electron chi connectivity index (χ3n) is 1.56. The number of nitrogens with zero attached hydrogens (tertiary/aromatic N) is 2. The Bertz CT molecular complexity index is 469. The number of anilines is 1. The molecule has 14 heavy (non-hydrogen) atoms. The van der Waals surface area contributed by atoms with Crippen LogP contribution in [0.1, 0.15) is 0 Å². The number of hydrogen-bond donors (Lipinski definition) is 1. The molecule has 0 radical (unpaired) electrons. The molecule has 0 saturated carbocycles. The van der Waals surface area contributed by atoms with E-state index in [4.69, 9.17) is 5.73 Å². The largest absolute Gasteiger partial charge is 0.383 e. The van der Waals surface area contributed by atoms with Crippen molar-refractivity contribution in [3.05, 3.63) is 26.6 Å². The van der Waals surface area contributed by atoms with E-state index in [1.807, 2.05) is 12.1 Å². The number of nitrogens with two attached hydrogens (primary N) is 1. The lowest BCUT2D eigenvalue weighted by molar-refractivity contribution is 1.18. The molecule has 0 fully saturated rings. The third-order valence-corrected chi connectivity index (χ3v) is 3.80. The van der Waals surface area contributed by atoms with Crippen LogP contribution < -0.4 is 5.73 Å². The summed E-state index contributed by atoms with van der Waals surface area (Å²) in [4.78, 5) is 9.34. The Labute approximate surface area is 102 Å². The number of rotatable bonds is 1. The van der Waals surface area contributed by atoms with Gasteiger partial charge >= 0.3 is 0 Å². The van der Waals surface area contributed by atoms with Gasteiger partial charge in [0.2, 0.25) is 0 Å². The first kappa shape index (κ1) is 10.1. The molecule has 2 heterocycles. The van der Waals surface area contributed by atoms with Gasteiger partial charge in [-0.1, -0.05) is 0 Å². The van der Waals surface area contributed by atoms with Crippen molar-refractivity contribution >= 4 is 49.0 Å². The van der Waals surface area contributed by atoms with Crippen LogP contribution in [0.5, 0.6) is 0 Å². The number of hydrogen-bond acceptors (Lipinski definition) is 4. The smallest absolute Gasteiger partial charge is 0.171 e. The molecule has 3 nitrogen and oxygen atoms in total. The first-order valence-electron chi connectivity index (χ1n) is 3.70. The van der Waals surface area contributed by atoms with Crippen molar-refractivity contribution in [3.63, 3.8) is 0 Å². The summed E-state index contributed by atoms with van der Waals surface area (Å²) in [5.41, 5.74) is 5.66. The highest BCUT2D eigenvalue weighted by molar-refractivity contribution is 9.11. The first-order valence-corrected chi connectivity index (χ1v) is 6.11. The minimum absolute atomic E-state index is 0.458. The summed E-state index contributed by atoms with van der Waals surface area (Å²) in [7, 11) is 0. The molecule has 0 atom stereocenters. The molecule has 0 aromatic carbocycles. The summed E-state index contributed by atoms with van der Waals surface area (Å²) < 4.78 is 1.77. The Morgan fingerprint density at radius 1 is 1.29 bits per heavy atom. The van der Waals surface area contributed by atoms with Gasteiger partial charge in [-0.3, -0.25) is 0 Å². The minimum Gasteiger partial charge on any atom is -0.383 e. The quantitative estimate of drug-likeness (QED) is 0.870. The number of aromatic nitrogens is 2. The van der Waals surface area contributed by atoms with Gasteiger partial charge < -0.3 is 5.73 Å². The van der Waals surface area contributed by atoms with Crippen molar-refractivity contribution in [2.75, 3.05) is 5.73 Å². The Hall–Kier alpha value is -0.460. The minimum atomic E-state index is 0.458. The average Bonchev–Trinajstić information content (AvgIpc) is 2.57. The normalized spacial score (nSPS) is 10.4. The van der Waals surface area contributed by atoms with E-state index >= 15 is 0 Å². The highest BCUT2D eigenvalue weighted by Gasteiger charge is 2.06. The Balaban J connectivity index is 2.47. The molecule has 0 spiro atoms. The monoisotopic (exact) mass is 333 g/mol. The molecule has 0 saturated heterocycles. The molecule has 0 bridgehead atoms. The molecule has 2 rings (SSSR count). The molecule has 0 aliphatic heterocycles. The van der Waals surface area contributed by atoms with Crippen LogP contribution in [0.4, 0.5) is 5.82 Å². The SMILES string of the molecule is Nc1nc(-c2ccc(Br)s2)ncc1Br. The van der Waals surface area contributed by atoms with Crippen molar-refractivity contribution in [1.29, 1.82) is 0 Å². The zero-order valence-electron chi connectivity index (χ0n) is 6.87. The maximum Gasteiger partial charge on any atom is 0.171 e. The third kappa shape index (κ3) is 1.97. The van der Waals surface area contributed by atoms with Crippen LogP contribution in [0.15, 0.2) is 26.6 Å². The van der Waals surface area contributed by atoms with E-state index in [0.29, 0.717) is 11.6 Å². The van der Waals surface area contributed by atoms with E-state index in [-0.39, 0.29) is 0 Å². The summed E-state index contributed by atoms with van der Waals surface area (Å²) in [5.74, 6) is 1.11. The summed E-state index contributed by atoms with van der Waals surface area (Å²) >= 11 is 8.21. The van der Waals surface area contributed by atoms with E-state index in [1.165, 1.54) is 0 Å². The van der Waals surface area contributed by atoms with Crippen molar-refractivity contribution in [2.24, 2.45) is 0 Å². The van der Waals surface area contributed by atoms with Crippen LogP contribution in [-0.2, 0) is 0 Å². The van der Waals surface area contributed by atoms with Crippen molar-refractivity contribution in [2.45, 2.75) is 0 Å². The average molecular weight is 335 g/mol. The fourth-order valence-corrected chi connectivity index (χ4v) is 2.45. The molecular formula is C8H5Br2N3S. The van der Waals surface area contributed by atoms with Crippen molar-refractivity contribution in [3.8, 4) is 10.7 Å². The number of nitrogen functional groups attached to an aromatic ring is 1. The van der Waals surface area contributed by atoms with E-state index in [1.54, 1.807) is 17.5 Å². The fourth-order valence-electron chi connectivity index (χ4n) is 0.934. The second-order valence-corrected chi connectivity index (χ2v) is 5.85. The summed E-state index contributed by atoms with van der Waals surface area (Å²) in [6, 6.07) is 3.92. The van der Waals surface area contributed by atoms with Gasteiger partial charge in [0, 0.05) is 6.20 Å². The van der Waals surface area contributed by atoms with Gasteiger partial charge in [-0.25, -0.2) is 9.97 Å². The van der Waals surface area contributed by atoms with E-state index in [2.05, 4.69) is 41.8 Å². The standard InChI is InChI=1S/C8H5Br2N3S/c9-4-3-12-8(13-7(4)11)5-1-2-6(10)14-5/h1-3H,(H2,11,12,13). The fraction of sp³-hybridized carbons (Fsp3) is 0. The van der Waals surface area contributed by atoms with Gasteiger partial charge in [-0.2, -0.15) is 0 Å². The van der Waals surface area contributed by atoms with Crippen LogP contribution in [0.3, 0.4) is 0 Å². The van der Waals surface area contributed by atoms with Crippen LogP contribution in [0, 0.1) is 0 Å². The molecular weight excluding hydrogens is 330 g/mol. The summed E-state index contributed by atoms with van der Waals surface area (Å²) in [5, 5.41) is 0. The predicted molar refractivity (Wildman–Crippen MR) is 65.2 cm³/mol. The lowest BCUT2D eigenvalue weighted by atomic mass is 10.4. The lowest BCUT2D eigenvalue weighted by Gasteiger charge is -1.98. The molecule has 2 aromatic rings. The molecule has 72 valence electrons. The van der Waals surface area contributed by atoms with Crippen LogP contribution in [0.25, 0.3) is 10.7 Å². The lowest BCUT2D eigenvalue weighted by Crippen LogP contribution is -1.95. The molecule has 2 aromatic heterocycles. The van der Waals surface area contributed by atoms with Gasteiger partial charge in [0.25, 0.3) is 0 Å². The zero-order valence-corrected chi connectivity index (χ0v) is 10.9. The van der Waals surface area contributed by atoms with Gasteiger partial charge in [0.15, 0.2) is 5.82 Å². The van der Waals surface area contributed by atoms with Crippen LogP contribution in [0.2, 0.25) is 0 Å². The maximum absolute atomic E-state index is 5.66. The van der Waals surface area contributed by atoms with E-state index < -0.39 is 0 Å². The molecule has 6 heteroatoms. The Morgan fingerprint density at radius 2 is 2.07 bits per heavy atom. The molecule has 0 aliphatic rings. The first-order chi connectivity index (χ1) is 6.66. The van der Waals surface area contributed by atoms with E-state index in [9.17, 15) is 0 Å². The second-order valence-electron chi connectivity index (χ2n) is 2.53. The molecule has 0 aliphatic carbocycles. The highest BCUT2D eigenvalue weighted by Crippen LogP contribution is 2.30. The van der Waals surface area contributed by atoms with Crippen molar-refractivity contribution < 1.29 is 0 Å². The molecule has 0 unspecified atom stereocenters. The second kappa shape index (κ2) is 3.96. The Kier molecular flexibility index (Phi) is 2.85. The molecule has 2 N–H and O–H groups in total. The van der Waals surface area contributed by atoms with Crippen molar-refractivity contribution in [1.82, 2.24) is 9.97 Å². The predicted octanol–water partition coefficient (Wildman–Crippen LogP) is 3.31. The zero-order chi connectivity index (χ0) is 10.1. The Morgan fingerprint density at radius 3 is 2.64 bits per heavy atom. The van der Waals surface area contributed by atoms with Gasteiger partial charge in [-0.15, -0.1) is 11.3 Å². The summed E-state index contributed by atoms with van der Waals surface area (Å²) in [6.07, 6.45) is 1.66. The molecule has 0 amide bonds. The summed E-state index contributed by atoms with van der Waals surface area (Å²) in [6.45, 7) is 0. The van der Waals surface area contributed by atoms with Gasteiger partial charge in [0.1, 0.15) is 5.82 Å². The number of thiophene rings is 1. The van der Waals surface area contributed by atoms with Crippen LogP contribution in [-0.4, -0.2) is 9.97 Å². The number of halogens is 2. The highest BCUT2D eigenvalue weighted by atomic mass is 79.9.